The number of aryl methyl sites for hydroxylation is 3. The number of nitrogens with zero attached hydrogens (tertiary/aromatic N) is 2. The minimum Gasteiger partial charge on any atom is -0.370 e. The van der Waals surface area contributed by atoms with Gasteiger partial charge in [-0.1, -0.05) is 13.3 Å². The van der Waals surface area contributed by atoms with Gasteiger partial charge in [0.05, 0.1) is 0 Å². The zero-order valence-electron chi connectivity index (χ0n) is 12.1. The molecule has 0 atom stereocenters. The molecule has 102 valence electrons. The normalized spacial score (nSPS) is 10.7. The molecule has 2 aromatic heterocycles. The number of thiophene rings is 1. The highest BCUT2D eigenvalue weighted by molar-refractivity contribution is 7.12. The van der Waals surface area contributed by atoms with Crippen molar-refractivity contribution in [3.63, 3.8) is 0 Å². The van der Waals surface area contributed by atoms with Crippen LogP contribution in [0.5, 0.6) is 0 Å². The van der Waals surface area contributed by atoms with Crippen molar-refractivity contribution < 1.29 is 0 Å². The number of anilines is 1. The number of hydrogen-bond acceptors (Lipinski definition) is 4. The van der Waals surface area contributed by atoms with Gasteiger partial charge in [-0.15, -0.1) is 11.3 Å². The maximum absolute atomic E-state index is 4.71. The zero-order valence-corrected chi connectivity index (χ0v) is 12.9. The number of aromatic nitrogens is 2. The van der Waals surface area contributed by atoms with Crippen LogP contribution < -0.4 is 5.32 Å². The topological polar surface area (TPSA) is 37.8 Å². The molecule has 2 rings (SSSR count). The van der Waals surface area contributed by atoms with E-state index in [0.29, 0.717) is 0 Å². The van der Waals surface area contributed by atoms with E-state index in [1.165, 1.54) is 15.3 Å². The highest BCUT2D eigenvalue weighted by atomic mass is 32.1. The van der Waals surface area contributed by atoms with Gasteiger partial charge in [0.2, 0.25) is 0 Å². The summed E-state index contributed by atoms with van der Waals surface area (Å²) in [4.78, 5) is 11.9. The fourth-order valence-electron chi connectivity index (χ4n) is 2.13. The number of rotatable bonds is 5. The summed E-state index contributed by atoms with van der Waals surface area (Å²) in [6.07, 6.45) is 2.10. The quantitative estimate of drug-likeness (QED) is 0.888. The van der Waals surface area contributed by atoms with E-state index in [9.17, 15) is 0 Å². The Bertz CT molecular complexity index is 536. The van der Waals surface area contributed by atoms with Gasteiger partial charge in [-0.3, -0.25) is 0 Å². The molecule has 2 aromatic rings. The molecule has 0 amide bonds. The summed E-state index contributed by atoms with van der Waals surface area (Å²) >= 11 is 1.80. The SMILES string of the molecule is CCCc1cc(NCC)nc(-c2cc(C)sc2C)n1. The fourth-order valence-corrected chi connectivity index (χ4v) is 3.05. The summed E-state index contributed by atoms with van der Waals surface area (Å²) in [7, 11) is 0. The number of hydrogen-bond donors (Lipinski definition) is 1. The minimum absolute atomic E-state index is 0.851. The molecule has 0 unspecified atom stereocenters. The molecule has 1 N–H and O–H groups in total. The molecule has 19 heavy (non-hydrogen) atoms. The van der Waals surface area contributed by atoms with Crippen molar-refractivity contribution in [3.05, 3.63) is 27.6 Å². The molecule has 0 aliphatic rings. The maximum atomic E-state index is 4.71. The molecule has 0 bridgehead atoms. The van der Waals surface area contributed by atoms with Gasteiger partial charge in [-0.25, -0.2) is 9.97 Å². The summed E-state index contributed by atoms with van der Waals surface area (Å²) < 4.78 is 0. The molecule has 0 aliphatic carbocycles. The van der Waals surface area contributed by atoms with E-state index in [0.717, 1.165) is 36.7 Å². The van der Waals surface area contributed by atoms with Gasteiger partial charge in [0.1, 0.15) is 5.82 Å². The van der Waals surface area contributed by atoms with Crippen molar-refractivity contribution in [3.8, 4) is 11.4 Å². The lowest BCUT2D eigenvalue weighted by Crippen LogP contribution is -2.04. The van der Waals surface area contributed by atoms with Gasteiger partial charge in [-0.05, 0) is 33.3 Å². The Balaban J connectivity index is 2.46. The molecule has 4 heteroatoms. The van der Waals surface area contributed by atoms with Crippen LogP contribution in [0.15, 0.2) is 12.1 Å². The van der Waals surface area contributed by atoms with Gasteiger partial charge < -0.3 is 5.32 Å². The average molecular weight is 275 g/mol. The highest BCUT2D eigenvalue weighted by Gasteiger charge is 2.11. The summed E-state index contributed by atoms with van der Waals surface area (Å²) in [5.74, 6) is 1.78. The van der Waals surface area contributed by atoms with Gasteiger partial charge in [-0.2, -0.15) is 0 Å². The van der Waals surface area contributed by atoms with Gasteiger partial charge in [0.25, 0.3) is 0 Å². The Morgan fingerprint density at radius 1 is 1.16 bits per heavy atom. The molecule has 0 saturated carbocycles. The van der Waals surface area contributed by atoms with Gasteiger partial charge >= 0.3 is 0 Å². The number of nitrogens with one attached hydrogen (secondary N) is 1. The van der Waals surface area contributed by atoms with E-state index in [1.54, 1.807) is 11.3 Å². The third kappa shape index (κ3) is 3.32. The lowest BCUT2D eigenvalue weighted by molar-refractivity contribution is 0.875. The lowest BCUT2D eigenvalue weighted by atomic mass is 10.2. The molecular formula is C15H21N3S. The molecule has 0 aromatic carbocycles. The molecule has 2 heterocycles. The lowest BCUT2D eigenvalue weighted by Gasteiger charge is -2.08. The average Bonchev–Trinajstić information content (AvgIpc) is 2.69. The van der Waals surface area contributed by atoms with Crippen LogP contribution in [0.25, 0.3) is 11.4 Å². The van der Waals surface area contributed by atoms with Crippen molar-refractivity contribution in [2.24, 2.45) is 0 Å². The first-order valence-electron chi connectivity index (χ1n) is 6.83. The Hall–Kier alpha value is -1.42. The second kappa shape index (κ2) is 6.15. The molecular weight excluding hydrogens is 254 g/mol. The first-order chi connectivity index (χ1) is 9.13. The van der Waals surface area contributed by atoms with E-state index < -0.39 is 0 Å². The highest BCUT2D eigenvalue weighted by Crippen LogP contribution is 2.29. The maximum Gasteiger partial charge on any atom is 0.162 e. The largest absolute Gasteiger partial charge is 0.370 e. The third-order valence-corrected chi connectivity index (χ3v) is 3.89. The predicted octanol–water partition coefficient (Wildman–Crippen LogP) is 4.21. The van der Waals surface area contributed by atoms with Crippen LogP contribution in [0.1, 0.15) is 35.7 Å². The summed E-state index contributed by atoms with van der Waals surface area (Å²) in [6.45, 7) is 9.40. The van der Waals surface area contributed by atoms with Crippen molar-refractivity contribution in [1.82, 2.24) is 9.97 Å². The molecule has 0 aliphatic heterocycles. The summed E-state index contributed by atoms with van der Waals surface area (Å²) in [6, 6.07) is 4.24. The van der Waals surface area contributed by atoms with Crippen LogP contribution in [-0.4, -0.2) is 16.5 Å². The van der Waals surface area contributed by atoms with E-state index in [1.807, 2.05) is 0 Å². The molecule has 0 fully saturated rings. The third-order valence-electron chi connectivity index (χ3n) is 2.93. The first kappa shape index (κ1) is 14.0. The van der Waals surface area contributed by atoms with Crippen molar-refractivity contribution >= 4 is 17.2 Å². The van der Waals surface area contributed by atoms with Crippen molar-refractivity contribution in [2.75, 3.05) is 11.9 Å². The second-order valence-corrected chi connectivity index (χ2v) is 6.14. The fraction of sp³-hybridized carbons (Fsp3) is 0.467. The predicted molar refractivity (Wildman–Crippen MR) is 83.0 cm³/mol. The second-order valence-electron chi connectivity index (χ2n) is 4.68. The van der Waals surface area contributed by atoms with E-state index in [4.69, 9.17) is 4.98 Å². The van der Waals surface area contributed by atoms with E-state index in [-0.39, 0.29) is 0 Å². The van der Waals surface area contributed by atoms with Crippen molar-refractivity contribution in [1.29, 1.82) is 0 Å². The van der Waals surface area contributed by atoms with Crippen LogP contribution in [0.3, 0.4) is 0 Å². The van der Waals surface area contributed by atoms with Gasteiger partial charge in [0.15, 0.2) is 5.82 Å². The zero-order chi connectivity index (χ0) is 13.8. The van der Waals surface area contributed by atoms with Crippen LogP contribution in [0.4, 0.5) is 5.82 Å². The van der Waals surface area contributed by atoms with Gasteiger partial charge in [0, 0.05) is 33.6 Å². The van der Waals surface area contributed by atoms with E-state index >= 15 is 0 Å². The van der Waals surface area contributed by atoms with Crippen LogP contribution >= 0.6 is 11.3 Å². The summed E-state index contributed by atoms with van der Waals surface area (Å²) in [5, 5.41) is 3.30. The smallest absolute Gasteiger partial charge is 0.162 e. The van der Waals surface area contributed by atoms with Crippen molar-refractivity contribution in [2.45, 2.75) is 40.5 Å². The standard InChI is InChI=1S/C15H21N3S/c1-5-7-12-9-14(16-6-2)18-15(17-12)13-8-10(3)19-11(13)4/h8-9H,5-7H2,1-4H3,(H,16,17,18). The summed E-state index contributed by atoms with van der Waals surface area (Å²) in [5.41, 5.74) is 2.28. The Morgan fingerprint density at radius 3 is 2.53 bits per heavy atom. The Labute approximate surface area is 119 Å². The Kier molecular flexibility index (Phi) is 4.53. The molecule has 3 nitrogen and oxygen atoms in total. The first-order valence-corrected chi connectivity index (χ1v) is 7.65. The molecule has 0 saturated heterocycles. The van der Waals surface area contributed by atoms with E-state index in [2.05, 4.69) is 50.1 Å². The van der Waals surface area contributed by atoms with Crippen LogP contribution in [0.2, 0.25) is 0 Å². The van der Waals surface area contributed by atoms with Crippen LogP contribution in [-0.2, 0) is 6.42 Å². The monoisotopic (exact) mass is 275 g/mol. The Morgan fingerprint density at radius 2 is 1.95 bits per heavy atom. The molecule has 0 radical (unpaired) electrons. The minimum atomic E-state index is 0.851. The van der Waals surface area contributed by atoms with Crippen LogP contribution in [0, 0.1) is 13.8 Å². The molecule has 0 spiro atoms.